The van der Waals surface area contributed by atoms with Gasteiger partial charge in [0.25, 0.3) is 0 Å². The molecule has 1 aromatic heterocycles. The monoisotopic (exact) mass is 399 g/mol. The molecule has 1 heterocycles. The molecule has 1 rings (SSSR count). The van der Waals surface area contributed by atoms with Crippen molar-refractivity contribution in [1.29, 1.82) is 0 Å². The minimum atomic E-state index is -0.894. The summed E-state index contributed by atoms with van der Waals surface area (Å²) in [6.07, 6.45) is 12.8. The molecule has 0 saturated carbocycles. The number of carboxylic acid groups (broad SMARTS) is 1. The van der Waals surface area contributed by atoms with Gasteiger partial charge in [0.1, 0.15) is 11.9 Å². The Hall–Kier alpha value is -2.40. The lowest BCUT2D eigenvalue weighted by molar-refractivity contribution is -0.137. The van der Waals surface area contributed by atoms with E-state index in [1.54, 1.807) is 12.3 Å². The highest BCUT2D eigenvalue weighted by molar-refractivity contribution is 5.77. The molecule has 0 amide bonds. The Morgan fingerprint density at radius 1 is 1.07 bits per heavy atom. The molecule has 0 saturated heterocycles. The van der Waals surface area contributed by atoms with Crippen molar-refractivity contribution in [3.8, 4) is 0 Å². The molecule has 0 spiro atoms. The van der Waals surface area contributed by atoms with Crippen molar-refractivity contribution in [1.82, 2.24) is 10.3 Å². The van der Waals surface area contributed by atoms with Crippen LogP contribution in [0.15, 0.2) is 53.3 Å². The van der Waals surface area contributed by atoms with E-state index in [1.165, 1.54) is 16.7 Å². The van der Waals surface area contributed by atoms with Crippen LogP contribution in [0.25, 0.3) is 0 Å². The zero-order valence-corrected chi connectivity index (χ0v) is 18.6. The maximum Gasteiger partial charge on any atom is 0.327 e. The van der Waals surface area contributed by atoms with Gasteiger partial charge >= 0.3 is 5.97 Å². The van der Waals surface area contributed by atoms with E-state index >= 15 is 0 Å². The first-order chi connectivity index (χ1) is 13.8. The van der Waals surface area contributed by atoms with Crippen molar-refractivity contribution < 1.29 is 9.90 Å². The normalized spacial score (nSPS) is 13.1. The van der Waals surface area contributed by atoms with E-state index in [0.29, 0.717) is 18.9 Å². The zero-order valence-electron chi connectivity index (χ0n) is 18.6. The minimum absolute atomic E-state index is 0.331. The van der Waals surface area contributed by atoms with Crippen molar-refractivity contribution in [2.45, 2.75) is 66.3 Å². The Labute approximate surface area is 176 Å². The van der Waals surface area contributed by atoms with Gasteiger partial charge in [-0.3, -0.25) is 0 Å². The molecular weight excluding hydrogens is 362 g/mol. The van der Waals surface area contributed by atoms with Crippen LogP contribution in [0, 0.1) is 6.92 Å². The molecule has 1 unspecified atom stereocenters. The van der Waals surface area contributed by atoms with Gasteiger partial charge in [0.05, 0.1) is 0 Å². The predicted octanol–water partition coefficient (Wildman–Crippen LogP) is 5.26. The average molecular weight is 400 g/mol. The number of hydrogen-bond acceptors (Lipinski definition) is 4. The van der Waals surface area contributed by atoms with Crippen LogP contribution in [0.5, 0.6) is 0 Å². The van der Waals surface area contributed by atoms with E-state index in [1.807, 2.05) is 13.0 Å². The number of pyridine rings is 1. The number of allylic oxidation sites excluding steroid dienone is 5. The molecule has 3 N–H and O–H groups in total. The molecule has 0 fully saturated rings. The molecule has 0 aliphatic rings. The highest BCUT2D eigenvalue weighted by Gasteiger charge is 2.16. The molecule has 0 aromatic carbocycles. The van der Waals surface area contributed by atoms with Gasteiger partial charge < -0.3 is 15.7 Å². The summed E-state index contributed by atoms with van der Waals surface area (Å²) in [4.78, 5) is 15.7. The number of aromatic nitrogens is 1. The van der Waals surface area contributed by atoms with E-state index in [-0.39, 0.29) is 0 Å². The Balaban J connectivity index is 2.33. The van der Waals surface area contributed by atoms with Gasteiger partial charge in [-0.15, -0.1) is 0 Å². The van der Waals surface area contributed by atoms with Crippen molar-refractivity contribution in [3.63, 3.8) is 0 Å². The first kappa shape index (κ1) is 24.6. The fourth-order valence-corrected chi connectivity index (χ4v) is 2.74. The summed E-state index contributed by atoms with van der Waals surface area (Å²) in [5.74, 6) is -0.322. The zero-order chi connectivity index (χ0) is 21.6. The number of aliphatic carboxylic acids is 1. The van der Waals surface area contributed by atoms with E-state index in [4.69, 9.17) is 0 Å². The maximum absolute atomic E-state index is 11.5. The highest BCUT2D eigenvalue weighted by Crippen LogP contribution is 2.11. The molecule has 5 heteroatoms. The van der Waals surface area contributed by atoms with Crippen LogP contribution in [-0.2, 0) is 4.79 Å². The Bertz CT molecular complexity index is 714. The highest BCUT2D eigenvalue weighted by atomic mass is 16.4. The van der Waals surface area contributed by atoms with Crippen molar-refractivity contribution in [3.05, 3.63) is 58.8 Å². The van der Waals surface area contributed by atoms with Gasteiger partial charge in [-0.25, -0.2) is 9.78 Å². The molecule has 0 radical (unpaired) electrons. The van der Waals surface area contributed by atoms with Crippen LogP contribution in [0.2, 0.25) is 0 Å². The molecule has 29 heavy (non-hydrogen) atoms. The maximum atomic E-state index is 11.5. The molecule has 0 bridgehead atoms. The van der Waals surface area contributed by atoms with Crippen molar-refractivity contribution in [2.75, 3.05) is 18.4 Å². The Kier molecular flexibility index (Phi) is 11.7. The summed E-state index contributed by atoms with van der Waals surface area (Å²) in [6.45, 7) is 11.5. The summed E-state index contributed by atoms with van der Waals surface area (Å²) >= 11 is 0. The quantitative estimate of drug-likeness (QED) is 0.311. The van der Waals surface area contributed by atoms with Crippen LogP contribution in [0.4, 0.5) is 5.82 Å². The molecule has 0 aliphatic carbocycles. The number of nitrogens with one attached hydrogen (secondary N) is 2. The molecule has 1 aromatic rings. The lowest BCUT2D eigenvalue weighted by Gasteiger charge is -2.15. The predicted molar refractivity (Wildman–Crippen MR) is 122 cm³/mol. The summed E-state index contributed by atoms with van der Waals surface area (Å²) in [5.41, 5.74) is 5.16. The smallest absolute Gasteiger partial charge is 0.327 e. The number of hydrogen-bond donors (Lipinski definition) is 3. The van der Waals surface area contributed by atoms with Crippen LogP contribution in [0.3, 0.4) is 0 Å². The number of carboxylic acids is 1. The molecule has 0 aliphatic heterocycles. The summed E-state index contributed by atoms with van der Waals surface area (Å²) < 4.78 is 0. The van der Waals surface area contributed by atoms with E-state index in [2.05, 4.69) is 61.5 Å². The topological polar surface area (TPSA) is 74.2 Å². The van der Waals surface area contributed by atoms with E-state index < -0.39 is 12.0 Å². The third-order valence-electron chi connectivity index (χ3n) is 4.60. The second-order valence-corrected chi connectivity index (χ2v) is 7.87. The number of aryl methyl sites for hydroxylation is 1. The number of nitrogens with zero attached hydrogens (tertiary/aromatic N) is 1. The van der Waals surface area contributed by atoms with Gasteiger partial charge in [0, 0.05) is 19.3 Å². The summed E-state index contributed by atoms with van der Waals surface area (Å²) in [5, 5.41) is 15.6. The van der Waals surface area contributed by atoms with Crippen LogP contribution in [-0.4, -0.2) is 35.2 Å². The third kappa shape index (κ3) is 11.9. The summed E-state index contributed by atoms with van der Waals surface area (Å²) in [7, 11) is 0. The molecule has 5 nitrogen and oxygen atoms in total. The van der Waals surface area contributed by atoms with Crippen molar-refractivity contribution in [2.24, 2.45) is 0 Å². The number of rotatable bonds is 13. The van der Waals surface area contributed by atoms with E-state index in [9.17, 15) is 9.90 Å². The number of anilines is 1. The Morgan fingerprint density at radius 2 is 1.72 bits per heavy atom. The van der Waals surface area contributed by atoms with E-state index in [0.717, 1.165) is 31.2 Å². The van der Waals surface area contributed by atoms with Crippen LogP contribution in [0.1, 0.15) is 58.9 Å². The standard InChI is InChI=1S/C24H37N3O2/c1-18(2)8-6-9-19(3)10-7-11-20(4)14-15-25-17-22(24(28)29)27-23-13-12-21(5)16-26-23/h8,10,12-14,16,22,25H,6-7,9,11,15,17H2,1-5H3,(H,26,27)(H,28,29)/b19-10+,20-14+. The number of carbonyl (C=O) groups is 1. The van der Waals surface area contributed by atoms with Gasteiger partial charge in [0.2, 0.25) is 0 Å². The second kappa shape index (κ2) is 13.7. The minimum Gasteiger partial charge on any atom is -0.480 e. The lowest BCUT2D eigenvalue weighted by atomic mass is 10.1. The first-order valence-corrected chi connectivity index (χ1v) is 10.3. The second-order valence-electron chi connectivity index (χ2n) is 7.87. The van der Waals surface area contributed by atoms with Crippen molar-refractivity contribution >= 4 is 11.8 Å². The molecular formula is C24H37N3O2. The Morgan fingerprint density at radius 3 is 2.31 bits per heavy atom. The fraction of sp³-hybridized carbons (Fsp3) is 0.500. The van der Waals surface area contributed by atoms with Gasteiger partial charge in [0.15, 0.2) is 0 Å². The molecule has 160 valence electrons. The average Bonchev–Trinajstić information content (AvgIpc) is 2.65. The van der Waals surface area contributed by atoms with Gasteiger partial charge in [-0.2, -0.15) is 0 Å². The fourth-order valence-electron chi connectivity index (χ4n) is 2.74. The SMILES string of the molecule is CC(C)=CCC/C(C)=C/CC/C(C)=C/CNCC(Nc1ccc(C)cn1)C(=O)O. The largest absolute Gasteiger partial charge is 0.480 e. The lowest BCUT2D eigenvalue weighted by Crippen LogP contribution is -2.39. The van der Waals surface area contributed by atoms with Crippen LogP contribution >= 0.6 is 0 Å². The van der Waals surface area contributed by atoms with Gasteiger partial charge in [-0.1, -0.05) is 41.0 Å². The van der Waals surface area contributed by atoms with Crippen LogP contribution < -0.4 is 10.6 Å². The molecule has 1 atom stereocenters. The summed E-state index contributed by atoms with van der Waals surface area (Å²) in [6, 6.07) is 2.99. The van der Waals surface area contributed by atoms with Gasteiger partial charge in [-0.05, 0) is 71.9 Å². The first-order valence-electron chi connectivity index (χ1n) is 10.3. The third-order valence-corrected chi connectivity index (χ3v) is 4.60.